The third-order valence-electron chi connectivity index (χ3n) is 3.78. The van der Waals surface area contributed by atoms with Gasteiger partial charge in [0.1, 0.15) is 0 Å². The van der Waals surface area contributed by atoms with Gasteiger partial charge in [-0.15, -0.1) is 0 Å². The highest BCUT2D eigenvalue weighted by molar-refractivity contribution is 7.93. The predicted molar refractivity (Wildman–Crippen MR) is 105 cm³/mol. The van der Waals surface area contributed by atoms with E-state index in [4.69, 9.17) is 11.6 Å². The van der Waals surface area contributed by atoms with Crippen molar-refractivity contribution in [2.45, 2.75) is 14.7 Å². The lowest BCUT2D eigenvalue weighted by molar-refractivity contribution is -0.384. The number of hydrogen-bond acceptors (Lipinski definition) is 7. The molecule has 0 saturated carbocycles. The van der Waals surface area contributed by atoms with Crippen molar-refractivity contribution in [2.24, 2.45) is 0 Å². The topological polar surface area (TPSA) is 136 Å². The summed E-state index contributed by atoms with van der Waals surface area (Å²) in [5, 5.41) is 10.8. The summed E-state index contributed by atoms with van der Waals surface area (Å²) in [6.07, 6.45) is 2.53. The first-order valence-corrected chi connectivity index (χ1v) is 11.2. The summed E-state index contributed by atoms with van der Waals surface area (Å²) in [5.74, 6) is 0. The maximum atomic E-state index is 12.9. The van der Waals surface area contributed by atoms with Crippen LogP contribution in [-0.4, -0.2) is 26.7 Å². The van der Waals surface area contributed by atoms with Crippen molar-refractivity contribution in [1.82, 2.24) is 4.98 Å². The molecule has 0 saturated heterocycles. The first kappa shape index (κ1) is 20.7. The van der Waals surface area contributed by atoms with Gasteiger partial charge in [-0.25, -0.2) is 16.8 Å². The van der Waals surface area contributed by atoms with Crippen LogP contribution in [0.2, 0.25) is 5.02 Å². The predicted octanol–water partition coefficient (Wildman–Crippen LogP) is 3.28. The molecular formula is C17H12ClN3O6S2. The fourth-order valence-electron chi connectivity index (χ4n) is 2.39. The van der Waals surface area contributed by atoms with Gasteiger partial charge in [0.05, 0.1) is 25.3 Å². The SMILES string of the molecule is O=[N+]([O-])c1ccc(S(=O)(=O)Nc2ccc(Cl)cc2S(=O)(=O)c2cccnc2)cc1. The van der Waals surface area contributed by atoms with Gasteiger partial charge in [0, 0.05) is 29.5 Å². The Bertz CT molecular complexity index is 1280. The number of rotatable bonds is 6. The number of nitro groups is 1. The van der Waals surface area contributed by atoms with E-state index in [0.29, 0.717) is 0 Å². The second-order valence-electron chi connectivity index (χ2n) is 5.69. The normalized spacial score (nSPS) is 11.8. The number of anilines is 1. The molecule has 2 aromatic carbocycles. The van der Waals surface area contributed by atoms with Crippen LogP contribution in [0.25, 0.3) is 0 Å². The van der Waals surface area contributed by atoms with E-state index in [1.54, 1.807) is 0 Å². The molecule has 0 aliphatic heterocycles. The van der Waals surface area contributed by atoms with Gasteiger partial charge in [0.15, 0.2) is 0 Å². The second kappa shape index (κ2) is 7.78. The molecule has 0 fully saturated rings. The molecule has 0 spiro atoms. The Hall–Kier alpha value is -3.02. The molecule has 1 aromatic heterocycles. The minimum absolute atomic E-state index is 0.0887. The van der Waals surface area contributed by atoms with Gasteiger partial charge in [0.2, 0.25) is 9.84 Å². The molecule has 1 heterocycles. The molecule has 0 bridgehead atoms. The summed E-state index contributed by atoms with van der Waals surface area (Å²) < 4.78 is 53.4. The average Bonchev–Trinajstić information content (AvgIpc) is 2.70. The second-order valence-corrected chi connectivity index (χ2v) is 9.73. The molecule has 12 heteroatoms. The molecule has 9 nitrogen and oxygen atoms in total. The standard InChI is InChI=1S/C17H12ClN3O6S2/c18-12-3-8-16(17(10-12)28(24,25)15-2-1-9-19-11-15)20-29(26,27)14-6-4-13(5-7-14)21(22)23/h1-11,20H. The summed E-state index contributed by atoms with van der Waals surface area (Å²) in [7, 11) is -8.36. The third-order valence-corrected chi connectivity index (χ3v) is 7.18. The zero-order valence-corrected chi connectivity index (χ0v) is 16.8. The van der Waals surface area contributed by atoms with Gasteiger partial charge < -0.3 is 0 Å². The smallest absolute Gasteiger partial charge is 0.269 e. The van der Waals surface area contributed by atoms with Gasteiger partial charge in [-0.3, -0.25) is 19.8 Å². The van der Waals surface area contributed by atoms with Crippen molar-refractivity contribution in [3.63, 3.8) is 0 Å². The Kier molecular flexibility index (Phi) is 5.55. The Labute approximate surface area is 171 Å². The number of aromatic nitrogens is 1. The lowest BCUT2D eigenvalue weighted by atomic mass is 10.3. The van der Waals surface area contributed by atoms with Crippen LogP contribution in [0.1, 0.15) is 0 Å². The molecule has 3 aromatic rings. The minimum atomic E-state index is -4.23. The monoisotopic (exact) mass is 453 g/mol. The van der Waals surface area contributed by atoms with E-state index in [1.807, 2.05) is 0 Å². The van der Waals surface area contributed by atoms with Crippen LogP contribution < -0.4 is 4.72 Å². The van der Waals surface area contributed by atoms with Gasteiger partial charge >= 0.3 is 0 Å². The molecular weight excluding hydrogens is 442 g/mol. The zero-order valence-electron chi connectivity index (χ0n) is 14.4. The number of benzene rings is 2. The summed E-state index contributed by atoms with van der Waals surface area (Å²) >= 11 is 5.92. The maximum Gasteiger partial charge on any atom is 0.269 e. The molecule has 0 aliphatic carbocycles. The summed E-state index contributed by atoms with van der Waals surface area (Å²) in [4.78, 5) is 13.1. The quantitative estimate of drug-likeness (QED) is 0.446. The van der Waals surface area contributed by atoms with Gasteiger partial charge in [0.25, 0.3) is 15.7 Å². The number of nitrogens with one attached hydrogen (secondary N) is 1. The van der Waals surface area contributed by atoms with Crippen molar-refractivity contribution in [2.75, 3.05) is 4.72 Å². The van der Waals surface area contributed by atoms with Crippen molar-refractivity contribution >= 4 is 42.8 Å². The first-order chi connectivity index (χ1) is 13.6. The highest BCUT2D eigenvalue weighted by atomic mass is 35.5. The molecule has 0 atom stereocenters. The minimum Gasteiger partial charge on any atom is -0.278 e. The van der Waals surface area contributed by atoms with Crippen LogP contribution in [0.3, 0.4) is 0 Å². The molecule has 0 radical (unpaired) electrons. The van der Waals surface area contributed by atoms with Crippen LogP contribution in [0.4, 0.5) is 11.4 Å². The van der Waals surface area contributed by atoms with Gasteiger partial charge in [-0.1, -0.05) is 11.6 Å². The molecule has 3 rings (SSSR count). The van der Waals surface area contributed by atoms with Crippen LogP contribution >= 0.6 is 11.6 Å². The molecule has 1 N–H and O–H groups in total. The van der Waals surface area contributed by atoms with Crippen LogP contribution in [0.15, 0.2) is 81.7 Å². The number of pyridine rings is 1. The lowest BCUT2D eigenvalue weighted by Crippen LogP contribution is -2.16. The fourth-order valence-corrected chi connectivity index (χ4v) is 5.17. The largest absolute Gasteiger partial charge is 0.278 e. The number of nitro benzene ring substituents is 1. The van der Waals surface area contributed by atoms with Gasteiger partial charge in [-0.2, -0.15) is 0 Å². The van der Waals surface area contributed by atoms with Crippen molar-refractivity contribution < 1.29 is 21.8 Å². The molecule has 0 aliphatic rings. The van der Waals surface area contributed by atoms with Gasteiger partial charge in [-0.05, 0) is 42.5 Å². The summed E-state index contributed by atoms with van der Waals surface area (Å²) in [6, 6.07) is 10.6. The first-order valence-electron chi connectivity index (χ1n) is 7.83. The fraction of sp³-hybridized carbons (Fsp3) is 0. The van der Waals surface area contributed by atoms with E-state index in [0.717, 1.165) is 36.5 Å². The number of sulfonamides is 1. The molecule has 0 unspecified atom stereocenters. The highest BCUT2D eigenvalue weighted by Crippen LogP contribution is 2.31. The maximum absolute atomic E-state index is 12.9. The number of sulfone groups is 1. The Morgan fingerprint density at radius 3 is 2.24 bits per heavy atom. The third kappa shape index (κ3) is 4.36. The zero-order chi connectivity index (χ0) is 21.2. The van der Waals surface area contributed by atoms with E-state index in [9.17, 15) is 26.9 Å². The number of halogens is 1. The Balaban J connectivity index is 2.05. The Morgan fingerprint density at radius 2 is 1.66 bits per heavy atom. The number of nitrogens with zero attached hydrogens (tertiary/aromatic N) is 2. The number of non-ortho nitro benzene ring substituents is 1. The Morgan fingerprint density at radius 1 is 0.966 bits per heavy atom. The lowest BCUT2D eigenvalue weighted by Gasteiger charge is -2.13. The molecule has 0 amide bonds. The molecule has 29 heavy (non-hydrogen) atoms. The summed E-state index contributed by atoms with van der Waals surface area (Å²) in [6.45, 7) is 0. The van der Waals surface area contributed by atoms with Crippen LogP contribution in [-0.2, 0) is 19.9 Å². The van der Waals surface area contributed by atoms with Crippen LogP contribution in [0.5, 0.6) is 0 Å². The average molecular weight is 454 g/mol. The van der Waals surface area contributed by atoms with E-state index in [2.05, 4.69) is 9.71 Å². The van der Waals surface area contributed by atoms with E-state index in [1.165, 1.54) is 30.5 Å². The van der Waals surface area contributed by atoms with Crippen molar-refractivity contribution in [3.8, 4) is 0 Å². The molecule has 150 valence electrons. The van der Waals surface area contributed by atoms with Crippen LogP contribution in [0, 0.1) is 10.1 Å². The summed E-state index contributed by atoms with van der Waals surface area (Å²) in [5.41, 5.74) is -0.508. The highest BCUT2D eigenvalue weighted by Gasteiger charge is 2.25. The van der Waals surface area contributed by atoms with E-state index < -0.39 is 24.8 Å². The number of hydrogen-bond donors (Lipinski definition) is 1. The van der Waals surface area contributed by atoms with E-state index >= 15 is 0 Å². The van der Waals surface area contributed by atoms with E-state index in [-0.39, 0.29) is 31.1 Å². The van der Waals surface area contributed by atoms with Crippen molar-refractivity contribution in [1.29, 1.82) is 0 Å². The van der Waals surface area contributed by atoms with Crippen molar-refractivity contribution in [3.05, 3.63) is 82.1 Å².